The number of nitrogens with zero attached hydrogens (tertiary/aromatic N) is 2. The van der Waals surface area contributed by atoms with Gasteiger partial charge in [-0.05, 0) is 0 Å². The van der Waals surface area contributed by atoms with Gasteiger partial charge in [0.05, 0.1) is 23.7 Å². The van der Waals surface area contributed by atoms with Crippen LogP contribution in [0.4, 0.5) is 11.5 Å². The van der Waals surface area contributed by atoms with Gasteiger partial charge in [-0.1, -0.05) is 0 Å². The summed E-state index contributed by atoms with van der Waals surface area (Å²) < 4.78 is 10.1. The number of hydrogen-bond donors (Lipinski definition) is 1. The number of nitro groups is 1. The lowest BCUT2D eigenvalue weighted by molar-refractivity contribution is -0.384. The maximum absolute atomic E-state index is 10.6. The summed E-state index contributed by atoms with van der Waals surface area (Å²) in [5.41, 5.74) is 0.00297. The summed E-state index contributed by atoms with van der Waals surface area (Å²) in [4.78, 5) is 14.1. The first kappa shape index (κ1) is 13.3. The van der Waals surface area contributed by atoms with Crippen LogP contribution in [0.25, 0.3) is 0 Å². The zero-order valence-corrected chi connectivity index (χ0v) is 9.75. The second-order valence-corrected chi connectivity index (χ2v) is 3.35. The molecule has 0 aliphatic heterocycles. The normalized spacial score (nSPS) is 12.1. The SMILES string of the molecule is COCC(CNc1cc([N+](=O)[O-])ccn1)OC. The molecule has 1 aromatic rings. The first-order valence-electron chi connectivity index (χ1n) is 5.03. The summed E-state index contributed by atoms with van der Waals surface area (Å²) in [5.74, 6) is 0.442. The van der Waals surface area contributed by atoms with Crippen LogP contribution in [0.3, 0.4) is 0 Å². The van der Waals surface area contributed by atoms with Gasteiger partial charge in [0.25, 0.3) is 5.69 Å². The summed E-state index contributed by atoms with van der Waals surface area (Å²) in [6.45, 7) is 0.914. The van der Waals surface area contributed by atoms with Crippen molar-refractivity contribution in [3.8, 4) is 0 Å². The summed E-state index contributed by atoms with van der Waals surface area (Å²) in [6, 6.07) is 2.72. The van der Waals surface area contributed by atoms with Crippen molar-refractivity contribution < 1.29 is 14.4 Å². The Morgan fingerprint density at radius 2 is 2.35 bits per heavy atom. The average Bonchev–Trinajstić information content (AvgIpc) is 2.34. The molecule has 94 valence electrons. The van der Waals surface area contributed by atoms with E-state index in [0.717, 1.165) is 0 Å². The molecule has 7 nitrogen and oxygen atoms in total. The van der Waals surface area contributed by atoms with E-state index in [9.17, 15) is 10.1 Å². The maximum atomic E-state index is 10.6. The molecule has 1 aromatic heterocycles. The van der Waals surface area contributed by atoms with Crippen LogP contribution >= 0.6 is 0 Å². The molecular formula is C10H15N3O4. The highest BCUT2D eigenvalue weighted by Crippen LogP contribution is 2.14. The first-order chi connectivity index (χ1) is 8.17. The zero-order chi connectivity index (χ0) is 12.7. The van der Waals surface area contributed by atoms with E-state index in [1.807, 2.05) is 0 Å². The van der Waals surface area contributed by atoms with Crippen molar-refractivity contribution in [2.24, 2.45) is 0 Å². The molecule has 0 bridgehead atoms. The molecule has 7 heteroatoms. The van der Waals surface area contributed by atoms with E-state index in [2.05, 4.69) is 10.3 Å². The molecule has 0 aliphatic rings. The minimum atomic E-state index is -0.462. The summed E-state index contributed by atoms with van der Waals surface area (Å²) >= 11 is 0. The molecule has 17 heavy (non-hydrogen) atoms. The van der Waals surface area contributed by atoms with Crippen LogP contribution < -0.4 is 5.32 Å². The molecule has 1 atom stereocenters. The van der Waals surface area contributed by atoms with Crippen LogP contribution in [-0.2, 0) is 9.47 Å². The molecular weight excluding hydrogens is 226 g/mol. The standard InChI is InChI=1S/C10H15N3O4/c1-16-7-9(17-2)6-12-10-5-8(13(14)15)3-4-11-10/h3-5,9H,6-7H2,1-2H3,(H,11,12). The summed E-state index contributed by atoms with van der Waals surface area (Å²) in [5, 5.41) is 13.5. The second kappa shape index (κ2) is 6.77. The lowest BCUT2D eigenvalue weighted by atomic mass is 10.3. The number of aromatic nitrogens is 1. The maximum Gasteiger partial charge on any atom is 0.274 e. The highest BCUT2D eigenvalue weighted by atomic mass is 16.6. The fraction of sp³-hybridized carbons (Fsp3) is 0.500. The number of pyridine rings is 1. The molecule has 0 aliphatic carbocycles. The summed E-state index contributed by atoms with van der Waals surface area (Å²) in [7, 11) is 3.16. The third-order valence-electron chi connectivity index (χ3n) is 2.15. The molecule has 1 heterocycles. The number of anilines is 1. The van der Waals surface area contributed by atoms with Gasteiger partial charge in [0.2, 0.25) is 0 Å². The van der Waals surface area contributed by atoms with Gasteiger partial charge in [0.1, 0.15) is 5.82 Å². The number of rotatable bonds is 7. The quantitative estimate of drug-likeness (QED) is 0.567. The Morgan fingerprint density at radius 3 is 2.94 bits per heavy atom. The molecule has 1 unspecified atom stereocenters. The number of methoxy groups -OCH3 is 2. The predicted octanol–water partition coefficient (Wildman–Crippen LogP) is 1.06. The number of hydrogen-bond acceptors (Lipinski definition) is 6. The van der Waals surface area contributed by atoms with Crippen molar-refractivity contribution in [3.63, 3.8) is 0 Å². The molecule has 0 spiro atoms. The fourth-order valence-corrected chi connectivity index (χ4v) is 1.24. The molecule has 0 saturated heterocycles. The van der Waals surface area contributed by atoms with Crippen LogP contribution in [0.5, 0.6) is 0 Å². The Hall–Kier alpha value is -1.73. The van der Waals surface area contributed by atoms with E-state index < -0.39 is 4.92 Å². The molecule has 1 rings (SSSR count). The van der Waals surface area contributed by atoms with Gasteiger partial charge in [-0.3, -0.25) is 10.1 Å². The molecule has 0 fully saturated rings. The molecule has 1 N–H and O–H groups in total. The third kappa shape index (κ3) is 4.33. The van der Waals surface area contributed by atoms with Crippen molar-refractivity contribution in [1.29, 1.82) is 0 Å². The van der Waals surface area contributed by atoms with Crippen LogP contribution in [-0.4, -0.2) is 43.4 Å². The predicted molar refractivity (Wildman–Crippen MR) is 62.1 cm³/mol. The van der Waals surface area contributed by atoms with E-state index in [1.165, 1.54) is 18.3 Å². The lowest BCUT2D eigenvalue weighted by Crippen LogP contribution is -2.26. The first-order valence-corrected chi connectivity index (χ1v) is 5.03. The van der Waals surface area contributed by atoms with Crippen LogP contribution in [0, 0.1) is 10.1 Å². The highest BCUT2D eigenvalue weighted by molar-refractivity contribution is 5.44. The third-order valence-corrected chi connectivity index (χ3v) is 2.15. The van der Waals surface area contributed by atoms with E-state index in [1.54, 1.807) is 14.2 Å². The average molecular weight is 241 g/mol. The van der Waals surface area contributed by atoms with Crippen molar-refractivity contribution in [2.45, 2.75) is 6.10 Å². The van der Waals surface area contributed by atoms with Crippen molar-refractivity contribution in [1.82, 2.24) is 4.98 Å². The Bertz CT molecular complexity index is 372. The minimum absolute atomic E-state index is 0.00297. The van der Waals surface area contributed by atoms with E-state index >= 15 is 0 Å². The smallest absolute Gasteiger partial charge is 0.274 e. The van der Waals surface area contributed by atoms with Crippen molar-refractivity contribution >= 4 is 11.5 Å². The van der Waals surface area contributed by atoms with Crippen LogP contribution in [0.15, 0.2) is 18.3 Å². The van der Waals surface area contributed by atoms with Crippen molar-refractivity contribution in [2.75, 3.05) is 32.7 Å². The van der Waals surface area contributed by atoms with E-state index in [0.29, 0.717) is 19.0 Å². The van der Waals surface area contributed by atoms with Crippen LogP contribution in [0.2, 0.25) is 0 Å². The largest absolute Gasteiger partial charge is 0.382 e. The molecule has 0 saturated carbocycles. The van der Waals surface area contributed by atoms with Gasteiger partial charge in [-0.15, -0.1) is 0 Å². The van der Waals surface area contributed by atoms with E-state index in [4.69, 9.17) is 9.47 Å². The monoisotopic (exact) mass is 241 g/mol. The Kier molecular flexibility index (Phi) is 5.31. The lowest BCUT2D eigenvalue weighted by Gasteiger charge is -2.15. The minimum Gasteiger partial charge on any atom is -0.382 e. The Morgan fingerprint density at radius 1 is 1.59 bits per heavy atom. The number of nitrogens with one attached hydrogen (secondary N) is 1. The van der Waals surface area contributed by atoms with Crippen LogP contribution in [0.1, 0.15) is 0 Å². The zero-order valence-electron chi connectivity index (χ0n) is 9.75. The number of ether oxygens (including phenoxy) is 2. The van der Waals surface area contributed by atoms with Gasteiger partial charge in [-0.2, -0.15) is 0 Å². The van der Waals surface area contributed by atoms with Gasteiger partial charge in [0.15, 0.2) is 0 Å². The Balaban J connectivity index is 2.56. The van der Waals surface area contributed by atoms with E-state index in [-0.39, 0.29) is 11.8 Å². The van der Waals surface area contributed by atoms with Gasteiger partial charge < -0.3 is 14.8 Å². The van der Waals surface area contributed by atoms with Crippen molar-refractivity contribution in [3.05, 3.63) is 28.4 Å². The van der Waals surface area contributed by atoms with Gasteiger partial charge in [-0.25, -0.2) is 4.98 Å². The second-order valence-electron chi connectivity index (χ2n) is 3.35. The van der Waals surface area contributed by atoms with Gasteiger partial charge in [0, 0.05) is 33.0 Å². The molecule has 0 amide bonds. The molecule has 0 aromatic carbocycles. The van der Waals surface area contributed by atoms with Gasteiger partial charge >= 0.3 is 0 Å². The molecule has 0 radical (unpaired) electrons. The Labute approximate surface area is 98.9 Å². The highest BCUT2D eigenvalue weighted by Gasteiger charge is 2.09. The topological polar surface area (TPSA) is 86.5 Å². The summed E-state index contributed by atoms with van der Waals surface area (Å²) in [6.07, 6.45) is 1.26. The fourth-order valence-electron chi connectivity index (χ4n) is 1.24.